The maximum Gasteiger partial charge on any atom is 0.0719 e. The summed E-state index contributed by atoms with van der Waals surface area (Å²) in [6.07, 6.45) is 0. The van der Waals surface area contributed by atoms with E-state index < -0.39 is 50.4 Å². The van der Waals surface area contributed by atoms with Crippen molar-refractivity contribution in [2.24, 2.45) is 0 Å². The van der Waals surface area contributed by atoms with Crippen molar-refractivity contribution in [2.45, 2.75) is 290 Å². The van der Waals surface area contributed by atoms with Crippen molar-refractivity contribution in [1.82, 2.24) is 0 Å². The average molecular weight is 840 g/mol. The van der Waals surface area contributed by atoms with Crippen molar-refractivity contribution >= 4 is 50.4 Å². The zero-order valence-corrected chi connectivity index (χ0v) is 50.0. The highest BCUT2D eigenvalue weighted by Gasteiger charge is 2.90. The van der Waals surface area contributed by atoms with Gasteiger partial charge in [-0.3, -0.25) is 0 Å². The van der Waals surface area contributed by atoms with Gasteiger partial charge in [-0.25, -0.2) is 0 Å². The van der Waals surface area contributed by atoms with Gasteiger partial charge >= 0.3 is 0 Å². The first kappa shape index (κ1) is 51.5. The lowest BCUT2D eigenvalue weighted by Crippen LogP contribution is -3.08. The average Bonchev–Trinajstić information content (AvgIpc) is 2.65. The van der Waals surface area contributed by atoms with Crippen LogP contribution in [-0.4, -0.2) is 50.4 Å². The minimum absolute atomic E-state index is 0.297. The van der Waals surface area contributed by atoms with E-state index in [1.54, 1.807) is 0 Å². The summed E-state index contributed by atoms with van der Waals surface area (Å²) in [5.41, 5.74) is 0. The van der Waals surface area contributed by atoms with Crippen LogP contribution in [0.3, 0.4) is 0 Å². The number of hydrogen-bond donors (Lipinski definition) is 0. The molecule has 0 unspecified atom stereocenters. The fraction of sp³-hybridized carbons (Fsp3) is 1.00. The first-order valence-electron chi connectivity index (χ1n) is 21.5. The van der Waals surface area contributed by atoms with E-state index >= 15 is 0 Å². The van der Waals surface area contributed by atoms with Gasteiger partial charge in [-0.15, -0.1) is 0 Å². The van der Waals surface area contributed by atoms with Crippen molar-refractivity contribution in [3.8, 4) is 0 Å². The molecule has 0 aliphatic carbocycles. The zero-order chi connectivity index (χ0) is 43.2. The molecule has 0 bridgehead atoms. The van der Waals surface area contributed by atoms with Gasteiger partial charge in [-0.2, -0.15) is 0 Å². The van der Waals surface area contributed by atoms with Crippen LogP contribution in [0.4, 0.5) is 0 Å². The molecule has 310 valence electrons. The van der Waals surface area contributed by atoms with E-state index in [0.29, 0.717) is 55.4 Å². The van der Waals surface area contributed by atoms with Gasteiger partial charge in [-0.1, -0.05) is 235 Å². The molecule has 7 heteroatoms. The van der Waals surface area contributed by atoms with Crippen LogP contribution in [0.15, 0.2) is 0 Å². The van der Waals surface area contributed by atoms with E-state index in [-0.39, 0.29) is 0 Å². The fourth-order valence-electron chi connectivity index (χ4n) is 20.3. The molecule has 0 fully saturated rings. The van der Waals surface area contributed by atoms with Gasteiger partial charge in [0.15, 0.2) is 0 Å². The molecule has 1 heterocycles. The van der Waals surface area contributed by atoms with Crippen LogP contribution in [0.5, 0.6) is 0 Å². The highest BCUT2D eigenvalue weighted by atomic mass is 30.4. The lowest BCUT2D eigenvalue weighted by Gasteiger charge is -2.87. The summed E-state index contributed by atoms with van der Waals surface area (Å²) >= 11 is 0. The van der Waals surface area contributed by atoms with Gasteiger partial charge in [0.25, 0.3) is 0 Å². The molecule has 0 radical (unpaired) electrons. The number of hydrogen-bond acceptors (Lipinski definition) is 0. The molecule has 0 N–H and O–H groups in total. The van der Waals surface area contributed by atoms with E-state index in [0.717, 1.165) is 0 Å². The van der Waals surface area contributed by atoms with Crippen LogP contribution in [-0.2, 0) is 0 Å². The van der Waals surface area contributed by atoms with Gasteiger partial charge in [-0.05, 0) is 69.3 Å². The Balaban J connectivity index is 6.16. The third kappa shape index (κ3) is 6.12. The first-order chi connectivity index (χ1) is 21.7. The van der Waals surface area contributed by atoms with Crippen molar-refractivity contribution < 1.29 is 0 Å². The highest BCUT2D eigenvalue weighted by Crippen LogP contribution is 2.79. The Bertz CT molecular complexity index is 1230. The molecule has 1 aliphatic rings. The molecule has 0 nitrogen and oxygen atoms in total. The molecule has 1 atom stereocenters. The molecule has 0 aromatic heterocycles. The van der Waals surface area contributed by atoms with Crippen LogP contribution in [0.25, 0.3) is 0 Å². The molecule has 52 heavy (non-hydrogen) atoms. The van der Waals surface area contributed by atoms with E-state index in [4.69, 9.17) is 0 Å². The minimum Gasteiger partial charge on any atom is -0.0728 e. The second kappa shape index (κ2) is 13.0. The molecular formula is C45H102Si7. The van der Waals surface area contributed by atoms with Crippen molar-refractivity contribution in [3.05, 3.63) is 0 Å². The van der Waals surface area contributed by atoms with Crippen LogP contribution < -0.4 is 0 Å². The topological polar surface area (TPSA) is 0 Å². The standard InChI is InChI=1S/C45H102Si7/c1-35(2,3)49(36(4,5)6,37(7,8)9)46-47(50(38(10,11)12,39(13,14)15)40(16,17)18)52(44(28,29)30,45(31,32)33)48(46,34)51(41(19,20)21,42(22,23)24)43(25,26)27/h1-34H3/t48-/m1/s1. The Labute approximate surface area is 338 Å². The fourth-order valence-corrected chi connectivity index (χ4v) is 380. The van der Waals surface area contributed by atoms with Gasteiger partial charge in [0.05, 0.1) is 29.9 Å². The molecule has 0 amide bonds. The largest absolute Gasteiger partial charge is 0.0728 e. The van der Waals surface area contributed by atoms with Crippen LogP contribution in [0, 0.1) is 0 Å². The summed E-state index contributed by atoms with van der Waals surface area (Å²) < 4.78 is 0. The predicted molar refractivity (Wildman–Crippen MR) is 263 cm³/mol. The lowest BCUT2D eigenvalue weighted by molar-refractivity contribution is 0.548. The van der Waals surface area contributed by atoms with Crippen LogP contribution in [0.2, 0.25) is 62.0 Å². The summed E-state index contributed by atoms with van der Waals surface area (Å²) in [6.45, 7) is 92.6. The van der Waals surface area contributed by atoms with Gasteiger partial charge in [0, 0.05) is 6.63 Å². The van der Waals surface area contributed by atoms with Crippen molar-refractivity contribution in [1.29, 1.82) is 0 Å². The SMILES string of the molecule is CC(C)(C)[Si]([Si]1=[Si]([Si](C(C)(C)C)(C(C)(C)C)C(C)(C)C)[Si@](C)([Si](C(C)(C)C)(C(C)(C)C)C(C)(C)C)[Si]1(C(C)(C)C)C(C)(C)C)(C(C)(C)C)C(C)(C)C. The molecule has 1 aliphatic heterocycles. The minimum atomic E-state index is -2.27. The second-order valence-corrected chi connectivity index (χ2v) is 100. The van der Waals surface area contributed by atoms with Crippen molar-refractivity contribution in [2.75, 3.05) is 0 Å². The predicted octanol–water partition coefficient (Wildman–Crippen LogP) is 17.2. The molecule has 0 aromatic rings. The summed E-state index contributed by atoms with van der Waals surface area (Å²) in [7, 11) is -8.97. The maximum absolute atomic E-state index is 3.32. The third-order valence-electron chi connectivity index (χ3n) is 15.8. The summed E-state index contributed by atoms with van der Waals surface area (Å²) in [6, 6.07) is 0. The van der Waals surface area contributed by atoms with E-state index in [2.05, 4.69) is 235 Å². The first-order valence-corrected chi connectivity index (χ1v) is 42.0. The highest BCUT2D eigenvalue weighted by molar-refractivity contribution is 8.19. The lowest BCUT2D eigenvalue weighted by atomic mass is 10.2. The Hall–Kier alpha value is 1.52. The van der Waals surface area contributed by atoms with E-state index in [1.165, 1.54) is 0 Å². The summed E-state index contributed by atoms with van der Waals surface area (Å²) in [5, 5.41) is 3.40. The van der Waals surface area contributed by atoms with Crippen LogP contribution in [0.1, 0.15) is 228 Å². The normalized spacial score (nSPS) is 21.8. The zero-order valence-electron chi connectivity index (χ0n) is 43.0. The second-order valence-electron chi connectivity index (χ2n) is 29.6. The monoisotopic (exact) mass is 839 g/mol. The van der Waals surface area contributed by atoms with E-state index in [9.17, 15) is 0 Å². The Morgan fingerprint density at radius 1 is 0.269 bits per heavy atom. The van der Waals surface area contributed by atoms with Crippen LogP contribution >= 0.6 is 0 Å². The molecular weight excluding hydrogens is 737 g/mol. The van der Waals surface area contributed by atoms with Gasteiger partial charge in [0.2, 0.25) is 0 Å². The molecule has 0 spiro atoms. The van der Waals surface area contributed by atoms with Crippen molar-refractivity contribution in [3.63, 3.8) is 0 Å². The maximum atomic E-state index is 3.32. The Kier molecular flexibility index (Phi) is 12.9. The quantitative estimate of drug-likeness (QED) is 0.248. The summed E-state index contributed by atoms with van der Waals surface area (Å²) in [5.74, 6) is 0. The third-order valence-corrected chi connectivity index (χ3v) is 187. The molecule has 0 aromatic carbocycles. The molecule has 0 saturated heterocycles. The molecule has 1 rings (SSSR count). The van der Waals surface area contributed by atoms with Gasteiger partial charge < -0.3 is 0 Å². The Morgan fingerprint density at radius 2 is 0.442 bits per heavy atom. The Morgan fingerprint density at radius 3 is 0.577 bits per heavy atom. The van der Waals surface area contributed by atoms with E-state index in [1.807, 2.05) is 0 Å². The van der Waals surface area contributed by atoms with Gasteiger partial charge in [0.1, 0.15) is 0 Å². The molecule has 0 saturated carbocycles. The smallest absolute Gasteiger partial charge is 0.0719 e. The number of rotatable bonds is 3. The summed E-state index contributed by atoms with van der Waals surface area (Å²) in [4.78, 5) is 0.